The summed E-state index contributed by atoms with van der Waals surface area (Å²) >= 11 is 0. The summed E-state index contributed by atoms with van der Waals surface area (Å²) in [6.45, 7) is 4.65. The van der Waals surface area contributed by atoms with Gasteiger partial charge in [0.1, 0.15) is 6.04 Å². The maximum atomic E-state index is 12.3. The van der Waals surface area contributed by atoms with E-state index in [2.05, 4.69) is 12.2 Å². The highest BCUT2D eigenvalue weighted by Gasteiger charge is 2.34. The SMILES string of the molecule is CCCCCCCC(=O)NC1CCC(=O)N(CCCC)C1=O. The molecule has 22 heavy (non-hydrogen) atoms. The molecule has 1 unspecified atom stereocenters. The summed E-state index contributed by atoms with van der Waals surface area (Å²) in [5.41, 5.74) is 0. The fourth-order valence-corrected chi connectivity index (χ4v) is 2.68. The number of likely N-dealkylation sites (tertiary alicyclic amines) is 1. The molecule has 3 amide bonds. The second-order valence-electron chi connectivity index (χ2n) is 6.06. The number of carbonyl (C=O) groups is 3. The van der Waals surface area contributed by atoms with Crippen LogP contribution in [-0.2, 0) is 14.4 Å². The summed E-state index contributed by atoms with van der Waals surface area (Å²) in [5.74, 6) is -0.410. The second-order valence-corrected chi connectivity index (χ2v) is 6.06. The van der Waals surface area contributed by atoms with Crippen molar-refractivity contribution < 1.29 is 14.4 Å². The zero-order valence-corrected chi connectivity index (χ0v) is 14.0. The Balaban J connectivity index is 2.36. The minimum atomic E-state index is -0.516. The molecule has 1 fully saturated rings. The maximum Gasteiger partial charge on any atom is 0.251 e. The van der Waals surface area contributed by atoms with Gasteiger partial charge in [-0.1, -0.05) is 46.0 Å². The van der Waals surface area contributed by atoms with Crippen molar-refractivity contribution >= 4 is 17.7 Å². The molecule has 0 saturated carbocycles. The van der Waals surface area contributed by atoms with Gasteiger partial charge in [-0.15, -0.1) is 0 Å². The summed E-state index contributed by atoms with van der Waals surface area (Å²) in [4.78, 5) is 37.3. The standard InChI is InChI=1S/C17H30N2O3/c1-3-5-7-8-9-10-15(20)18-14-11-12-16(21)19(17(14)22)13-6-4-2/h14H,3-13H2,1-2H3,(H,18,20). The molecule has 1 heterocycles. The lowest BCUT2D eigenvalue weighted by Gasteiger charge is -2.31. The van der Waals surface area contributed by atoms with Crippen molar-refractivity contribution in [2.24, 2.45) is 0 Å². The predicted molar refractivity (Wildman–Crippen MR) is 86.2 cm³/mol. The summed E-state index contributed by atoms with van der Waals surface area (Å²) in [7, 11) is 0. The molecular formula is C17H30N2O3. The Labute approximate surface area is 133 Å². The van der Waals surface area contributed by atoms with Gasteiger partial charge in [-0.2, -0.15) is 0 Å². The van der Waals surface area contributed by atoms with Crippen molar-refractivity contribution in [3.8, 4) is 0 Å². The van der Waals surface area contributed by atoms with E-state index in [1.54, 1.807) is 0 Å². The second kappa shape index (κ2) is 10.4. The first-order valence-electron chi connectivity index (χ1n) is 8.73. The van der Waals surface area contributed by atoms with Gasteiger partial charge in [0.25, 0.3) is 5.91 Å². The summed E-state index contributed by atoms with van der Waals surface area (Å²) in [6.07, 6.45) is 8.47. The van der Waals surface area contributed by atoms with Crippen LogP contribution in [0.5, 0.6) is 0 Å². The first-order valence-corrected chi connectivity index (χ1v) is 8.73. The van der Waals surface area contributed by atoms with Gasteiger partial charge in [-0.05, 0) is 19.3 Å². The molecule has 0 spiro atoms. The number of piperidine rings is 1. The van der Waals surface area contributed by atoms with Gasteiger partial charge in [-0.25, -0.2) is 0 Å². The van der Waals surface area contributed by atoms with Crippen LogP contribution in [0, 0.1) is 0 Å². The van der Waals surface area contributed by atoms with Crippen molar-refractivity contribution in [2.45, 2.75) is 84.1 Å². The van der Waals surface area contributed by atoms with Crippen molar-refractivity contribution in [1.82, 2.24) is 10.2 Å². The van der Waals surface area contributed by atoms with Gasteiger partial charge in [0.15, 0.2) is 0 Å². The molecular weight excluding hydrogens is 280 g/mol. The van der Waals surface area contributed by atoms with Crippen molar-refractivity contribution in [3.63, 3.8) is 0 Å². The number of nitrogens with one attached hydrogen (secondary N) is 1. The molecule has 1 atom stereocenters. The van der Waals surface area contributed by atoms with E-state index in [0.717, 1.165) is 32.1 Å². The van der Waals surface area contributed by atoms with Crippen LogP contribution < -0.4 is 5.32 Å². The molecule has 0 aromatic rings. The van der Waals surface area contributed by atoms with Crippen LogP contribution in [0.15, 0.2) is 0 Å². The molecule has 5 nitrogen and oxygen atoms in total. The summed E-state index contributed by atoms with van der Waals surface area (Å²) < 4.78 is 0. The lowest BCUT2D eigenvalue weighted by Crippen LogP contribution is -2.54. The Morgan fingerprint density at radius 3 is 2.45 bits per heavy atom. The normalized spacial score (nSPS) is 18.6. The highest BCUT2D eigenvalue weighted by Crippen LogP contribution is 2.15. The molecule has 0 bridgehead atoms. The fraction of sp³-hybridized carbons (Fsp3) is 0.824. The Morgan fingerprint density at radius 2 is 1.77 bits per heavy atom. The Bertz CT molecular complexity index is 382. The lowest BCUT2D eigenvalue weighted by atomic mass is 10.0. The average molecular weight is 310 g/mol. The van der Waals surface area contributed by atoms with Crippen molar-refractivity contribution in [3.05, 3.63) is 0 Å². The van der Waals surface area contributed by atoms with Gasteiger partial charge in [0, 0.05) is 19.4 Å². The number of hydrogen-bond acceptors (Lipinski definition) is 3. The third kappa shape index (κ3) is 6.16. The van der Waals surface area contributed by atoms with Crippen molar-refractivity contribution in [1.29, 1.82) is 0 Å². The molecule has 1 saturated heterocycles. The van der Waals surface area contributed by atoms with Gasteiger partial charge in [-0.3, -0.25) is 19.3 Å². The van der Waals surface area contributed by atoms with Gasteiger partial charge in [0.2, 0.25) is 11.8 Å². The number of hydrogen-bond donors (Lipinski definition) is 1. The topological polar surface area (TPSA) is 66.5 Å². The van der Waals surface area contributed by atoms with E-state index in [9.17, 15) is 14.4 Å². The van der Waals surface area contributed by atoms with E-state index < -0.39 is 6.04 Å². The lowest BCUT2D eigenvalue weighted by molar-refractivity contribution is -0.151. The molecule has 1 aliphatic heterocycles. The van der Waals surface area contributed by atoms with Gasteiger partial charge < -0.3 is 5.32 Å². The van der Waals surface area contributed by atoms with E-state index in [0.29, 0.717) is 25.8 Å². The molecule has 0 aromatic carbocycles. The predicted octanol–water partition coefficient (Wildman–Crippen LogP) is 2.78. The first-order chi connectivity index (χ1) is 10.6. The maximum absolute atomic E-state index is 12.3. The van der Waals surface area contributed by atoms with Gasteiger partial charge >= 0.3 is 0 Å². The van der Waals surface area contributed by atoms with E-state index in [4.69, 9.17) is 0 Å². The Morgan fingerprint density at radius 1 is 1.09 bits per heavy atom. The molecule has 1 rings (SSSR count). The largest absolute Gasteiger partial charge is 0.344 e. The zero-order chi connectivity index (χ0) is 16.4. The van der Waals surface area contributed by atoms with E-state index in [1.807, 2.05) is 6.92 Å². The van der Waals surface area contributed by atoms with Gasteiger partial charge in [0.05, 0.1) is 0 Å². The summed E-state index contributed by atoms with van der Waals surface area (Å²) in [5, 5.41) is 2.80. The number of amides is 3. The smallest absolute Gasteiger partial charge is 0.251 e. The molecule has 0 aliphatic carbocycles. The highest BCUT2D eigenvalue weighted by molar-refractivity contribution is 6.01. The number of carbonyl (C=O) groups excluding carboxylic acids is 3. The molecule has 0 radical (unpaired) electrons. The number of imide groups is 1. The molecule has 1 aliphatic rings. The van der Waals surface area contributed by atoms with Crippen LogP contribution >= 0.6 is 0 Å². The van der Waals surface area contributed by atoms with E-state index >= 15 is 0 Å². The minimum Gasteiger partial charge on any atom is -0.344 e. The monoisotopic (exact) mass is 310 g/mol. The quantitative estimate of drug-likeness (QED) is 0.498. The van der Waals surface area contributed by atoms with E-state index in [-0.39, 0.29) is 17.7 Å². The Hall–Kier alpha value is -1.39. The molecule has 0 aromatic heterocycles. The summed E-state index contributed by atoms with van der Waals surface area (Å²) in [6, 6.07) is -0.516. The Kier molecular flexibility index (Phi) is 8.78. The van der Waals surface area contributed by atoms with Crippen LogP contribution in [-0.4, -0.2) is 35.2 Å². The van der Waals surface area contributed by atoms with Crippen LogP contribution in [0.2, 0.25) is 0 Å². The van der Waals surface area contributed by atoms with Crippen LogP contribution in [0.3, 0.4) is 0 Å². The number of rotatable bonds is 10. The average Bonchev–Trinajstić information content (AvgIpc) is 2.50. The third-order valence-corrected chi connectivity index (χ3v) is 4.09. The molecule has 5 heteroatoms. The molecule has 126 valence electrons. The fourth-order valence-electron chi connectivity index (χ4n) is 2.68. The minimum absolute atomic E-state index is 0.0698. The highest BCUT2D eigenvalue weighted by atomic mass is 16.2. The van der Waals surface area contributed by atoms with Crippen molar-refractivity contribution in [2.75, 3.05) is 6.54 Å². The van der Waals surface area contributed by atoms with Crippen LogP contribution in [0.4, 0.5) is 0 Å². The van der Waals surface area contributed by atoms with Crippen LogP contribution in [0.1, 0.15) is 78.1 Å². The zero-order valence-electron chi connectivity index (χ0n) is 14.0. The molecule has 1 N–H and O–H groups in total. The van der Waals surface area contributed by atoms with E-state index in [1.165, 1.54) is 17.7 Å². The number of nitrogens with zero attached hydrogens (tertiary/aromatic N) is 1. The number of unbranched alkanes of at least 4 members (excludes halogenated alkanes) is 5. The third-order valence-electron chi connectivity index (χ3n) is 4.09. The van der Waals surface area contributed by atoms with Crippen LogP contribution in [0.25, 0.3) is 0 Å². The first kappa shape index (κ1) is 18.7.